The number of benzene rings is 1. The molecular formula is C14H15F3O4. The van der Waals surface area contributed by atoms with Crippen molar-refractivity contribution in [3.05, 3.63) is 23.3 Å². The molecule has 0 amide bonds. The maximum absolute atomic E-state index is 13.2. The van der Waals surface area contributed by atoms with Gasteiger partial charge in [-0.3, -0.25) is 4.79 Å². The van der Waals surface area contributed by atoms with Gasteiger partial charge in [0.2, 0.25) is 0 Å². The van der Waals surface area contributed by atoms with Crippen LogP contribution in [0.5, 0.6) is 11.5 Å². The number of aliphatic carboxylic acids is 1. The van der Waals surface area contributed by atoms with Crippen molar-refractivity contribution in [2.75, 3.05) is 13.2 Å². The lowest BCUT2D eigenvalue weighted by Gasteiger charge is -2.29. The van der Waals surface area contributed by atoms with Crippen molar-refractivity contribution in [2.24, 2.45) is 0 Å². The molecule has 4 nitrogen and oxygen atoms in total. The number of hydrogen-bond donors (Lipinski definition) is 1. The summed E-state index contributed by atoms with van der Waals surface area (Å²) in [4.78, 5) is 10.9. The third-order valence-corrected chi connectivity index (χ3v) is 3.31. The van der Waals surface area contributed by atoms with Gasteiger partial charge in [-0.15, -0.1) is 0 Å². The molecule has 1 aromatic carbocycles. The fourth-order valence-electron chi connectivity index (χ4n) is 2.36. The average Bonchev–Trinajstić information content (AvgIpc) is 2.34. The molecule has 1 heterocycles. The quantitative estimate of drug-likeness (QED) is 0.931. The van der Waals surface area contributed by atoms with E-state index in [0.29, 0.717) is 0 Å². The highest BCUT2D eigenvalue weighted by Gasteiger charge is 2.40. The molecule has 1 aliphatic rings. The van der Waals surface area contributed by atoms with Gasteiger partial charge in [-0.25, -0.2) is 0 Å². The van der Waals surface area contributed by atoms with E-state index in [1.54, 1.807) is 0 Å². The van der Waals surface area contributed by atoms with Crippen molar-refractivity contribution in [1.82, 2.24) is 0 Å². The number of rotatable bonds is 3. The highest BCUT2D eigenvalue weighted by molar-refractivity contribution is 5.69. The summed E-state index contributed by atoms with van der Waals surface area (Å²) < 4.78 is 50.2. The van der Waals surface area contributed by atoms with E-state index < -0.39 is 29.5 Å². The molecule has 0 aliphatic carbocycles. The molecular weight excluding hydrogens is 289 g/mol. The molecule has 116 valence electrons. The van der Waals surface area contributed by atoms with Crippen LogP contribution < -0.4 is 9.47 Å². The molecule has 1 N–H and O–H groups in total. The molecule has 0 bridgehead atoms. The van der Waals surface area contributed by atoms with Crippen LogP contribution in [0.1, 0.15) is 31.4 Å². The summed E-state index contributed by atoms with van der Waals surface area (Å²) in [6.45, 7) is 3.35. The van der Waals surface area contributed by atoms with Gasteiger partial charge in [0.1, 0.15) is 13.2 Å². The third kappa shape index (κ3) is 3.22. The Kier molecular flexibility index (Phi) is 3.78. The normalized spacial score (nSPS) is 14.9. The second-order valence-corrected chi connectivity index (χ2v) is 5.49. The number of alkyl halides is 3. The van der Waals surface area contributed by atoms with Crippen LogP contribution in [0.2, 0.25) is 0 Å². The summed E-state index contributed by atoms with van der Waals surface area (Å²) in [6, 6.07) is 2.12. The fourth-order valence-corrected chi connectivity index (χ4v) is 2.36. The SMILES string of the molecule is CC(C)(CC(=O)O)c1cc2c(cc1C(F)(F)F)OCCO2. The second kappa shape index (κ2) is 5.13. The number of hydrogen-bond acceptors (Lipinski definition) is 3. The van der Waals surface area contributed by atoms with Crippen LogP contribution in [0.3, 0.4) is 0 Å². The van der Waals surface area contributed by atoms with Gasteiger partial charge >= 0.3 is 12.1 Å². The number of halogens is 3. The molecule has 1 aromatic rings. The van der Waals surface area contributed by atoms with Crippen molar-refractivity contribution in [3.63, 3.8) is 0 Å². The Labute approximate surface area is 119 Å². The summed E-state index contributed by atoms with van der Waals surface area (Å²) in [5.74, 6) is -0.922. The Morgan fingerprint density at radius 3 is 2.05 bits per heavy atom. The predicted octanol–water partition coefficient (Wildman–Crippen LogP) is 3.23. The van der Waals surface area contributed by atoms with E-state index in [4.69, 9.17) is 14.6 Å². The summed E-state index contributed by atoms with van der Waals surface area (Å²) in [5.41, 5.74) is -2.19. The van der Waals surface area contributed by atoms with E-state index in [-0.39, 0.29) is 30.3 Å². The molecule has 2 rings (SSSR count). The second-order valence-electron chi connectivity index (χ2n) is 5.49. The van der Waals surface area contributed by atoms with Crippen molar-refractivity contribution >= 4 is 5.97 Å². The van der Waals surface area contributed by atoms with Crippen LogP contribution in [0.15, 0.2) is 12.1 Å². The summed E-state index contributed by atoms with van der Waals surface area (Å²) in [6.07, 6.45) is -5.02. The van der Waals surface area contributed by atoms with E-state index in [1.165, 1.54) is 19.9 Å². The van der Waals surface area contributed by atoms with Gasteiger partial charge in [-0.1, -0.05) is 13.8 Å². The van der Waals surface area contributed by atoms with Gasteiger partial charge in [0, 0.05) is 5.41 Å². The maximum Gasteiger partial charge on any atom is 0.416 e. The highest BCUT2D eigenvalue weighted by atomic mass is 19.4. The minimum absolute atomic E-state index is 0.0310. The van der Waals surface area contributed by atoms with Crippen LogP contribution in [-0.2, 0) is 16.4 Å². The zero-order valence-corrected chi connectivity index (χ0v) is 11.6. The first kappa shape index (κ1) is 15.5. The molecule has 0 atom stereocenters. The molecule has 1 aliphatic heterocycles. The molecule has 0 spiro atoms. The minimum Gasteiger partial charge on any atom is -0.486 e. The van der Waals surface area contributed by atoms with E-state index in [9.17, 15) is 18.0 Å². The third-order valence-electron chi connectivity index (χ3n) is 3.31. The minimum atomic E-state index is -4.60. The van der Waals surface area contributed by atoms with Crippen LogP contribution in [-0.4, -0.2) is 24.3 Å². The Bertz CT molecular complexity index is 564. The lowest BCUT2D eigenvalue weighted by molar-refractivity contribution is -0.141. The summed E-state index contributed by atoms with van der Waals surface area (Å²) >= 11 is 0. The average molecular weight is 304 g/mol. The smallest absolute Gasteiger partial charge is 0.416 e. The Balaban J connectivity index is 2.59. The number of carboxylic acid groups (broad SMARTS) is 1. The number of fused-ring (bicyclic) bond motifs is 1. The molecule has 0 saturated heterocycles. The topological polar surface area (TPSA) is 55.8 Å². The number of carboxylic acids is 1. The van der Waals surface area contributed by atoms with Gasteiger partial charge in [0.15, 0.2) is 11.5 Å². The first-order valence-corrected chi connectivity index (χ1v) is 6.34. The van der Waals surface area contributed by atoms with Gasteiger partial charge in [-0.05, 0) is 17.7 Å². The van der Waals surface area contributed by atoms with E-state index in [0.717, 1.165) is 6.07 Å². The van der Waals surface area contributed by atoms with Crippen molar-refractivity contribution in [3.8, 4) is 11.5 Å². The first-order valence-electron chi connectivity index (χ1n) is 6.34. The van der Waals surface area contributed by atoms with Crippen molar-refractivity contribution in [1.29, 1.82) is 0 Å². The van der Waals surface area contributed by atoms with E-state index >= 15 is 0 Å². The van der Waals surface area contributed by atoms with Gasteiger partial charge in [0.25, 0.3) is 0 Å². The maximum atomic E-state index is 13.2. The van der Waals surface area contributed by atoms with Crippen LogP contribution in [0.4, 0.5) is 13.2 Å². The molecule has 0 unspecified atom stereocenters. The number of ether oxygens (including phenoxy) is 2. The Morgan fingerprint density at radius 2 is 1.62 bits per heavy atom. The van der Waals surface area contributed by atoms with Gasteiger partial charge < -0.3 is 14.6 Å². The summed E-state index contributed by atoms with van der Waals surface area (Å²) in [7, 11) is 0. The first-order chi connectivity index (χ1) is 9.61. The molecule has 21 heavy (non-hydrogen) atoms. The Morgan fingerprint density at radius 1 is 1.14 bits per heavy atom. The molecule has 0 radical (unpaired) electrons. The van der Waals surface area contributed by atoms with E-state index in [2.05, 4.69) is 0 Å². The lowest BCUT2D eigenvalue weighted by Crippen LogP contribution is -2.27. The van der Waals surface area contributed by atoms with Crippen LogP contribution in [0.25, 0.3) is 0 Å². The van der Waals surface area contributed by atoms with Crippen LogP contribution >= 0.6 is 0 Å². The molecule has 7 heteroatoms. The zero-order valence-electron chi connectivity index (χ0n) is 11.6. The standard InChI is InChI=1S/C14H15F3O4/c1-13(2,7-12(18)19)8-5-10-11(21-4-3-20-10)6-9(8)14(15,16)17/h5-6H,3-4,7H2,1-2H3,(H,18,19). The Hall–Kier alpha value is -1.92. The largest absolute Gasteiger partial charge is 0.486 e. The molecule has 0 saturated carbocycles. The zero-order chi connectivity index (χ0) is 15.8. The van der Waals surface area contributed by atoms with Crippen LogP contribution in [0, 0.1) is 0 Å². The molecule has 0 aromatic heterocycles. The molecule has 0 fully saturated rings. The fraction of sp³-hybridized carbons (Fsp3) is 0.500. The number of carbonyl (C=O) groups is 1. The van der Waals surface area contributed by atoms with E-state index in [1.807, 2.05) is 0 Å². The predicted molar refractivity (Wildman–Crippen MR) is 67.7 cm³/mol. The van der Waals surface area contributed by atoms with Gasteiger partial charge in [-0.2, -0.15) is 13.2 Å². The highest BCUT2D eigenvalue weighted by Crippen LogP contribution is 2.45. The van der Waals surface area contributed by atoms with Crippen molar-refractivity contribution in [2.45, 2.75) is 31.9 Å². The lowest BCUT2D eigenvalue weighted by atomic mass is 9.78. The monoisotopic (exact) mass is 304 g/mol. The summed E-state index contributed by atoms with van der Waals surface area (Å²) in [5, 5.41) is 8.91. The van der Waals surface area contributed by atoms with Gasteiger partial charge in [0.05, 0.1) is 12.0 Å². The van der Waals surface area contributed by atoms with Crippen molar-refractivity contribution < 1.29 is 32.5 Å².